The Morgan fingerprint density at radius 2 is 1.59 bits per heavy atom. The SMILES string of the molecule is CCCOc1ccc(-c2ccc(CC(=O)C3CCC(CCC)CC3=O)cc2)cc1. The summed E-state index contributed by atoms with van der Waals surface area (Å²) < 4.78 is 5.63. The fourth-order valence-corrected chi connectivity index (χ4v) is 4.19. The lowest BCUT2D eigenvalue weighted by Gasteiger charge is -2.26. The van der Waals surface area contributed by atoms with E-state index >= 15 is 0 Å². The summed E-state index contributed by atoms with van der Waals surface area (Å²) in [6.07, 6.45) is 5.87. The van der Waals surface area contributed by atoms with Gasteiger partial charge in [0.2, 0.25) is 0 Å². The lowest BCUT2D eigenvalue weighted by molar-refractivity contribution is -0.135. The predicted molar refractivity (Wildman–Crippen MR) is 117 cm³/mol. The topological polar surface area (TPSA) is 43.4 Å². The average molecular weight is 393 g/mol. The molecule has 0 amide bonds. The lowest BCUT2D eigenvalue weighted by atomic mass is 9.76. The average Bonchev–Trinajstić information content (AvgIpc) is 2.73. The third-order valence-electron chi connectivity index (χ3n) is 5.82. The van der Waals surface area contributed by atoms with Crippen molar-refractivity contribution < 1.29 is 14.3 Å². The molecule has 154 valence electrons. The smallest absolute Gasteiger partial charge is 0.147 e. The van der Waals surface area contributed by atoms with Crippen LogP contribution < -0.4 is 4.74 Å². The molecule has 0 N–H and O–H groups in total. The molecule has 1 aliphatic rings. The van der Waals surface area contributed by atoms with E-state index in [9.17, 15) is 9.59 Å². The van der Waals surface area contributed by atoms with Crippen LogP contribution in [-0.2, 0) is 16.0 Å². The predicted octanol–water partition coefficient (Wildman–Crippen LogP) is 6.04. The number of carbonyl (C=O) groups is 2. The number of ether oxygens (including phenoxy) is 1. The highest BCUT2D eigenvalue weighted by molar-refractivity contribution is 6.03. The molecule has 3 rings (SSSR count). The molecule has 0 aliphatic heterocycles. The number of carbonyl (C=O) groups excluding carboxylic acids is 2. The standard InChI is InChI=1S/C26H32O3/c1-3-5-19-8-15-24(25(27)17-19)26(28)18-20-6-9-21(10-7-20)22-11-13-23(14-12-22)29-16-4-2/h6-7,9-14,19,24H,3-5,8,15-18H2,1-2H3. The molecule has 2 aromatic carbocycles. The third kappa shape index (κ3) is 5.79. The van der Waals surface area contributed by atoms with Gasteiger partial charge in [-0.2, -0.15) is 0 Å². The third-order valence-corrected chi connectivity index (χ3v) is 5.82. The van der Waals surface area contributed by atoms with E-state index in [0.717, 1.165) is 61.2 Å². The molecule has 0 heterocycles. The van der Waals surface area contributed by atoms with Gasteiger partial charge in [-0.1, -0.05) is 63.1 Å². The fourth-order valence-electron chi connectivity index (χ4n) is 4.19. The van der Waals surface area contributed by atoms with Crippen LogP contribution in [0.3, 0.4) is 0 Å². The molecule has 1 saturated carbocycles. The van der Waals surface area contributed by atoms with Crippen LogP contribution in [0.2, 0.25) is 0 Å². The van der Waals surface area contributed by atoms with Crippen LogP contribution in [0, 0.1) is 11.8 Å². The van der Waals surface area contributed by atoms with Gasteiger partial charge in [0.05, 0.1) is 12.5 Å². The number of ketones is 2. The van der Waals surface area contributed by atoms with Gasteiger partial charge in [0.25, 0.3) is 0 Å². The highest BCUT2D eigenvalue weighted by Crippen LogP contribution is 2.30. The molecule has 3 heteroatoms. The van der Waals surface area contributed by atoms with Crippen LogP contribution in [0.5, 0.6) is 5.75 Å². The summed E-state index contributed by atoms with van der Waals surface area (Å²) in [4.78, 5) is 25.1. The molecule has 0 spiro atoms. The molecule has 1 aliphatic carbocycles. The Hall–Kier alpha value is -2.42. The Kier molecular flexibility index (Phi) is 7.62. The van der Waals surface area contributed by atoms with Crippen LogP contribution in [-0.4, -0.2) is 18.2 Å². The van der Waals surface area contributed by atoms with Crippen molar-refractivity contribution in [2.45, 2.75) is 58.8 Å². The molecule has 0 saturated heterocycles. The van der Waals surface area contributed by atoms with Crippen molar-refractivity contribution in [3.05, 3.63) is 54.1 Å². The molecule has 1 fully saturated rings. The van der Waals surface area contributed by atoms with Crippen LogP contribution in [0.15, 0.2) is 48.5 Å². The van der Waals surface area contributed by atoms with Gasteiger partial charge in [0.1, 0.15) is 17.3 Å². The summed E-state index contributed by atoms with van der Waals surface area (Å²) >= 11 is 0. The second-order valence-corrected chi connectivity index (χ2v) is 8.17. The highest BCUT2D eigenvalue weighted by atomic mass is 16.5. The monoisotopic (exact) mass is 392 g/mol. The minimum Gasteiger partial charge on any atom is -0.494 e. The van der Waals surface area contributed by atoms with Gasteiger partial charge in [-0.05, 0) is 54.0 Å². The summed E-state index contributed by atoms with van der Waals surface area (Å²) in [5.41, 5.74) is 3.21. The Morgan fingerprint density at radius 3 is 2.17 bits per heavy atom. The molecular weight excluding hydrogens is 360 g/mol. The van der Waals surface area contributed by atoms with E-state index in [4.69, 9.17) is 4.74 Å². The first-order chi connectivity index (χ1) is 14.1. The first kappa shape index (κ1) is 21.3. The minimum atomic E-state index is -0.390. The fraction of sp³-hybridized carbons (Fsp3) is 0.462. The molecule has 2 unspecified atom stereocenters. The highest BCUT2D eigenvalue weighted by Gasteiger charge is 2.32. The van der Waals surface area contributed by atoms with Crippen LogP contribution in [0.4, 0.5) is 0 Å². The molecule has 29 heavy (non-hydrogen) atoms. The van der Waals surface area contributed by atoms with Crippen LogP contribution in [0.1, 0.15) is 57.9 Å². The minimum absolute atomic E-state index is 0.0788. The second-order valence-electron chi connectivity index (χ2n) is 8.17. The molecule has 0 radical (unpaired) electrons. The van der Waals surface area contributed by atoms with Crippen molar-refractivity contribution in [3.8, 4) is 16.9 Å². The zero-order chi connectivity index (χ0) is 20.6. The second kappa shape index (κ2) is 10.4. The van der Waals surface area contributed by atoms with E-state index in [1.165, 1.54) is 0 Å². The van der Waals surface area contributed by atoms with Gasteiger partial charge >= 0.3 is 0 Å². The quantitative estimate of drug-likeness (QED) is 0.489. The zero-order valence-electron chi connectivity index (χ0n) is 17.7. The molecular formula is C26H32O3. The van der Waals surface area contributed by atoms with Crippen molar-refractivity contribution in [3.63, 3.8) is 0 Å². The number of benzene rings is 2. The van der Waals surface area contributed by atoms with E-state index in [0.29, 0.717) is 18.8 Å². The van der Waals surface area contributed by atoms with Gasteiger partial charge in [-0.15, -0.1) is 0 Å². The summed E-state index contributed by atoms with van der Waals surface area (Å²) in [5, 5.41) is 0. The Balaban J connectivity index is 1.57. The summed E-state index contributed by atoms with van der Waals surface area (Å²) in [6, 6.07) is 16.2. The van der Waals surface area contributed by atoms with E-state index in [-0.39, 0.29) is 11.6 Å². The van der Waals surface area contributed by atoms with Crippen molar-refractivity contribution in [2.24, 2.45) is 11.8 Å². The van der Waals surface area contributed by atoms with Crippen LogP contribution >= 0.6 is 0 Å². The van der Waals surface area contributed by atoms with Gasteiger partial charge in [0.15, 0.2) is 0 Å². The van der Waals surface area contributed by atoms with Gasteiger partial charge in [0, 0.05) is 12.8 Å². The molecule has 2 aromatic rings. The van der Waals surface area contributed by atoms with E-state index < -0.39 is 5.92 Å². The van der Waals surface area contributed by atoms with Crippen molar-refractivity contribution in [2.75, 3.05) is 6.61 Å². The summed E-state index contributed by atoms with van der Waals surface area (Å²) in [6.45, 7) is 4.97. The van der Waals surface area contributed by atoms with Crippen molar-refractivity contribution >= 4 is 11.6 Å². The number of hydrogen-bond donors (Lipinski definition) is 0. The molecule has 3 nitrogen and oxygen atoms in total. The maximum atomic E-state index is 12.7. The number of rotatable bonds is 9. The maximum Gasteiger partial charge on any atom is 0.147 e. The molecule has 0 aromatic heterocycles. The maximum absolute atomic E-state index is 12.7. The molecule has 2 atom stereocenters. The Bertz CT molecular complexity index is 805. The van der Waals surface area contributed by atoms with Gasteiger partial charge < -0.3 is 4.74 Å². The zero-order valence-corrected chi connectivity index (χ0v) is 17.7. The van der Waals surface area contributed by atoms with Crippen molar-refractivity contribution in [1.29, 1.82) is 0 Å². The van der Waals surface area contributed by atoms with E-state index in [2.05, 4.69) is 26.0 Å². The lowest BCUT2D eigenvalue weighted by Crippen LogP contribution is -2.31. The van der Waals surface area contributed by atoms with E-state index in [1.807, 2.05) is 36.4 Å². The first-order valence-corrected chi connectivity index (χ1v) is 11.0. The first-order valence-electron chi connectivity index (χ1n) is 11.0. The summed E-state index contributed by atoms with van der Waals surface area (Å²) in [7, 11) is 0. The van der Waals surface area contributed by atoms with Gasteiger partial charge in [-0.25, -0.2) is 0 Å². The molecule has 0 bridgehead atoms. The number of hydrogen-bond acceptors (Lipinski definition) is 3. The van der Waals surface area contributed by atoms with E-state index in [1.54, 1.807) is 0 Å². The Morgan fingerprint density at radius 1 is 0.931 bits per heavy atom. The normalized spacial score (nSPS) is 19.2. The largest absolute Gasteiger partial charge is 0.494 e. The van der Waals surface area contributed by atoms with Crippen LogP contribution in [0.25, 0.3) is 11.1 Å². The van der Waals surface area contributed by atoms with Gasteiger partial charge in [-0.3, -0.25) is 9.59 Å². The van der Waals surface area contributed by atoms with Crippen molar-refractivity contribution in [1.82, 2.24) is 0 Å². The Labute approximate surface area is 174 Å². The summed E-state index contributed by atoms with van der Waals surface area (Å²) in [5.74, 6) is 1.21. The number of Topliss-reactive ketones (excluding diaryl/α,β-unsaturated/α-hetero) is 2.